The van der Waals surface area contributed by atoms with Crippen LogP contribution >= 0.6 is 11.8 Å². The zero-order valence-corrected chi connectivity index (χ0v) is 15.8. The number of hydrogen-bond acceptors (Lipinski definition) is 4. The van der Waals surface area contributed by atoms with Crippen LogP contribution in [0.1, 0.15) is 39.2 Å². The van der Waals surface area contributed by atoms with Crippen molar-refractivity contribution in [1.82, 2.24) is 20.2 Å². The lowest BCUT2D eigenvalue weighted by Crippen LogP contribution is -2.42. The number of hydrogen-bond donors (Lipinski definition) is 2. The summed E-state index contributed by atoms with van der Waals surface area (Å²) in [7, 11) is 0. The monoisotopic (exact) mass is 360 g/mol. The average Bonchev–Trinajstić information content (AvgIpc) is 3.03. The summed E-state index contributed by atoms with van der Waals surface area (Å²) < 4.78 is 1.94. The minimum absolute atomic E-state index is 0.347. The highest BCUT2D eigenvalue weighted by Gasteiger charge is 2.19. The number of nitrogens with one attached hydrogen (secondary N) is 2. The maximum Gasteiger partial charge on any atom is 0.321 e. The first-order valence-electron chi connectivity index (χ1n) is 8.31. The standard InChI is InChI=1S/C18H24N4O2S/c1-5-19-17(24)21-16(23)13(4)25-18-20-10-11-22(18)15-8-6-14(7-9-15)12(2)3/h6-13H,5H2,1-4H3,(H2,19,21,23,24). The molecule has 2 rings (SSSR count). The second kappa shape index (κ2) is 8.71. The molecule has 0 aliphatic rings. The van der Waals surface area contributed by atoms with E-state index in [4.69, 9.17) is 0 Å². The molecule has 25 heavy (non-hydrogen) atoms. The number of carbonyl (C=O) groups excluding carboxylic acids is 2. The average molecular weight is 360 g/mol. The fourth-order valence-corrected chi connectivity index (χ4v) is 3.11. The number of thioether (sulfide) groups is 1. The number of aromatic nitrogens is 2. The quantitative estimate of drug-likeness (QED) is 0.775. The van der Waals surface area contributed by atoms with Crippen LogP contribution in [0, 0.1) is 0 Å². The molecule has 0 radical (unpaired) electrons. The van der Waals surface area contributed by atoms with Crippen molar-refractivity contribution in [1.29, 1.82) is 0 Å². The van der Waals surface area contributed by atoms with Crippen molar-refractivity contribution < 1.29 is 9.59 Å². The molecule has 2 aromatic rings. The highest BCUT2D eigenvalue weighted by molar-refractivity contribution is 8.00. The Balaban J connectivity index is 2.08. The number of imide groups is 1. The predicted octanol–water partition coefficient (Wildman–Crippen LogP) is 3.32. The third kappa shape index (κ3) is 5.09. The molecule has 6 nitrogen and oxygen atoms in total. The number of urea groups is 1. The van der Waals surface area contributed by atoms with Crippen molar-refractivity contribution >= 4 is 23.7 Å². The second-order valence-electron chi connectivity index (χ2n) is 5.93. The highest BCUT2D eigenvalue weighted by atomic mass is 32.2. The Morgan fingerprint density at radius 3 is 2.48 bits per heavy atom. The van der Waals surface area contributed by atoms with Crippen molar-refractivity contribution in [2.75, 3.05) is 6.54 Å². The lowest BCUT2D eigenvalue weighted by molar-refractivity contribution is -0.119. The van der Waals surface area contributed by atoms with Crippen LogP contribution in [0.25, 0.3) is 5.69 Å². The number of nitrogens with zero attached hydrogens (tertiary/aromatic N) is 2. The van der Waals surface area contributed by atoms with Gasteiger partial charge in [0.15, 0.2) is 5.16 Å². The van der Waals surface area contributed by atoms with Crippen LogP contribution in [0.15, 0.2) is 41.8 Å². The van der Waals surface area contributed by atoms with Gasteiger partial charge in [0.1, 0.15) is 0 Å². The van der Waals surface area contributed by atoms with Crippen LogP contribution in [0.4, 0.5) is 4.79 Å². The Kier molecular flexibility index (Phi) is 6.64. The van der Waals surface area contributed by atoms with E-state index < -0.39 is 11.3 Å². The van der Waals surface area contributed by atoms with Gasteiger partial charge in [-0.3, -0.25) is 14.7 Å². The molecule has 134 valence electrons. The zero-order chi connectivity index (χ0) is 18.4. The van der Waals surface area contributed by atoms with Crippen LogP contribution in [0.5, 0.6) is 0 Å². The molecular weight excluding hydrogens is 336 g/mol. The van der Waals surface area contributed by atoms with E-state index in [1.165, 1.54) is 17.3 Å². The van der Waals surface area contributed by atoms with Gasteiger partial charge in [0.2, 0.25) is 5.91 Å². The summed E-state index contributed by atoms with van der Waals surface area (Å²) in [6.07, 6.45) is 3.56. The second-order valence-corrected chi connectivity index (χ2v) is 7.24. The molecule has 0 bridgehead atoms. The van der Waals surface area contributed by atoms with Gasteiger partial charge in [-0.05, 0) is 37.5 Å². The third-order valence-electron chi connectivity index (χ3n) is 3.67. The van der Waals surface area contributed by atoms with Crippen molar-refractivity contribution in [3.8, 4) is 5.69 Å². The van der Waals surface area contributed by atoms with Gasteiger partial charge in [-0.1, -0.05) is 37.7 Å². The van der Waals surface area contributed by atoms with Gasteiger partial charge in [-0.25, -0.2) is 9.78 Å². The van der Waals surface area contributed by atoms with Gasteiger partial charge in [0.25, 0.3) is 0 Å². The van der Waals surface area contributed by atoms with Gasteiger partial charge in [0.05, 0.1) is 5.25 Å². The number of imidazole rings is 1. The number of amides is 3. The first kappa shape index (κ1) is 19.1. The Bertz CT molecular complexity index is 725. The summed E-state index contributed by atoms with van der Waals surface area (Å²) in [6, 6.07) is 7.80. The van der Waals surface area contributed by atoms with Crippen LogP contribution in [-0.2, 0) is 4.79 Å². The lowest BCUT2D eigenvalue weighted by Gasteiger charge is -2.13. The summed E-state index contributed by atoms with van der Waals surface area (Å²) in [5.41, 5.74) is 2.26. The zero-order valence-electron chi connectivity index (χ0n) is 14.9. The molecule has 3 amide bonds. The van der Waals surface area contributed by atoms with Gasteiger partial charge in [-0.2, -0.15) is 0 Å². The van der Waals surface area contributed by atoms with E-state index in [1.54, 1.807) is 20.0 Å². The third-order valence-corrected chi connectivity index (χ3v) is 4.75. The van der Waals surface area contributed by atoms with Crippen LogP contribution in [0.3, 0.4) is 0 Å². The summed E-state index contributed by atoms with van der Waals surface area (Å²) >= 11 is 1.31. The SMILES string of the molecule is CCNC(=O)NC(=O)C(C)Sc1nccn1-c1ccc(C(C)C)cc1. The van der Waals surface area contributed by atoms with Crippen molar-refractivity contribution in [3.63, 3.8) is 0 Å². The van der Waals surface area contributed by atoms with Crippen molar-refractivity contribution in [3.05, 3.63) is 42.2 Å². The Hall–Kier alpha value is -2.28. The number of benzene rings is 1. The minimum atomic E-state index is -0.479. The maximum atomic E-state index is 12.1. The summed E-state index contributed by atoms with van der Waals surface area (Å²) in [6.45, 7) is 8.33. The fourth-order valence-electron chi connectivity index (χ4n) is 2.22. The molecule has 1 heterocycles. The number of rotatable bonds is 6. The summed E-state index contributed by atoms with van der Waals surface area (Å²) in [5.74, 6) is 0.129. The maximum absolute atomic E-state index is 12.1. The molecule has 2 N–H and O–H groups in total. The van der Waals surface area contributed by atoms with Gasteiger partial charge in [0, 0.05) is 24.6 Å². The Morgan fingerprint density at radius 2 is 1.88 bits per heavy atom. The van der Waals surface area contributed by atoms with E-state index in [1.807, 2.05) is 22.9 Å². The molecule has 1 aromatic heterocycles. The molecule has 1 aromatic carbocycles. The van der Waals surface area contributed by atoms with Crippen LogP contribution < -0.4 is 10.6 Å². The fraction of sp³-hybridized carbons (Fsp3) is 0.389. The minimum Gasteiger partial charge on any atom is -0.338 e. The smallest absolute Gasteiger partial charge is 0.321 e. The van der Waals surface area contributed by atoms with E-state index in [0.717, 1.165) is 5.69 Å². The first-order valence-corrected chi connectivity index (χ1v) is 9.19. The van der Waals surface area contributed by atoms with E-state index in [-0.39, 0.29) is 5.91 Å². The molecule has 1 atom stereocenters. The van der Waals surface area contributed by atoms with Gasteiger partial charge >= 0.3 is 6.03 Å². The van der Waals surface area contributed by atoms with Crippen molar-refractivity contribution in [2.45, 2.75) is 44.0 Å². The normalized spacial score (nSPS) is 12.0. The van der Waals surface area contributed by atoms with E-state index in [9.17, 15) is 9.59 Å². The van der Waals surface area contributed by atoms with Gasteiger partial charge < -0.3 is 5.32 Å². The van der Waals surface area contributed by atoms with E-state index >= 15 is 0 Å². The highest BCUT2D eigenvalue weighted by Crippen LogP contribution is 2.25. The summed E-state index contributed by atoms with van der Waals surface area (Å²) in [5, 5.41) is 5.12. The van der Waals surface area contributed by atoms with Crippen LogP contribution in [-0.4, -0.2) is 33.3 Å². The molecule has 0 spiro atoms. The van der Waals surface area contributed by atoms with E-state index in [0.29, 0.717) is 17.6 Å². The molecule has 0 fully saturated rings. The summed E-state index contributed by atoms with van der Waals surface area (Å²) in [4.78, 5) is 27.9. The lowest BCUT2D eigenvalue weighted by atomic mass is 10.0. The predicted molar refractivity (Wildman–Crippen MR) is 100 cm³/mol. The molecule has 0 aliphatic carbocycles. The first-order chi connectivity index (χ1) is 11.9. The van der Waals surface area contributed by atoms with Crippen molar-refractivity contribution in [2.24, 2.45) is 0 Å². The molecule has 0 aliphatic heterocycles. The Labute approximate surface area is 152 Å². The van der Waals surface area contributed by atoms with Crippen LogP contribution in [0.2, 0.25) is 0 Å². The van der Waals surface area contributed by atoms with Gasteiger partial charge in [-0.15, -0.1) is 0 Å². The molecule has 0 saturated carbocycles. The topological polar surface area (TPSA) is 76.0 Å². The van der Waals surface area contributed by atoms with E-state index in [2.05, 4.69) is 41.6 Å². The molecule has 1 unspecified atom stereocenters. The molecular formula is C18H24N4O2S. The Morgan fingerprint density at radius 1 is 1.20 bits per heavy atom. The molecule has 7 heteroatoms. The molecule has 0 saturated heterocycles. The number of carbonyl (C=O) groups is 2. The largest absolute Gasteiger partial charge is 0.338 e.